The first-order valence-corrected chi connectivity index (χ1v) is 16.7. The molecule has 4 aromatic rings. The van der Waals surface area contributed by atoms with E-state index in [0.717, 1.165) is 9.46 Å². The van der Waals surface area contributed by atoms with E-state index in [-0.39, 0.29) is 47.3 Å². The molecule has 6 rings (SSSR count). The van der Waals surface area contributed by atoms with Crippen LogP contribution in [0.3, 0.4) is 0 Å². The maximum atomic E-state index is 13.6. The molecule has 17 heteroatoms. The van der Waals surface area contributed by atoms with Crippen LogP contribution in [0.25, 0.3) is 11.2 Å². The summed E-state index contributed by atoms with van der Waals surface area (Å²) in [5.41, 5.74) is 5.64. The monoisotopic (exact) mass is 639 g/mol. The van der Waals surface area contributed by atoms with Gasteiger partial charge in [0.05, 0.1) is 17.3 Å². The summed E-state index contributed by atoms with van der Waals surface area (Å²) in [5.74, 6) is -0.584. The number of nitrogens with two attached hydrogens (primary N) is 1. The van der Waals surface area contributed by atoms with Crippen LogP contribution in [0, 0.1) is 0 Å². The molecule has 0 saturated carbocycles. The number of fused-ring (bicyclic) bond motifs is 2. The third-order valence-electron chi connectivity index (χ3n) is 6.65. The molecule has 2 aromatic carbocycles. The van der Waals surface area contributed by atoms with Gasteiger partial charge in [-0.2, -0.15) is 4.98 Å². The second kappa shape index (κ2) is 10.8. The number of aromatic nitrogens is 4. The molecule has 3 N–H and O–H groups in total. The predicted molar refractivity (Wildman–Crippen MR) is 149 cm³/mol. The van der Waals surface area contributed by atoms with Crippen molar-refractivity contribution in [2.24, 2.45) is 0 Å². The highest BCUT2D eigenvalue weighted by Crippen LogP contribution is 2.53. The van der Waals surface area contributed by atoms with Gasteiger partial charge in [-0.15, -0.1) is 0 Å². The summed E-state index contributed by atoms with van der Waals surface area (Å²) in [6.45, 7) is -0.391. The van der Waals surface area contributed by atoms with Crippen LogP contribution >= 0.6 is 31.2 Å². The lowest BCUT2D eigenvalue weighted by Crippen LogP contribution is -2.32. The highest BCUT2D eigenvalue weighted by atomic mass is 35.5. The lowest BCUT2D eigenvalue weighted by atomic mass is 10.2. The molecule has 0 aliphatic carbocycles. The number of hydrogen-bond donors (Lipinski definition) is 2. The second-order valence-corrected chi connectivity index (χ2v) is 14.3. The molecule has 2 aromatic heterocycles. The first-order chi connectivity index (χ1) is 19.5. The Bertz CT molecular complexity index is 1830. The van der Waals surface area contributed by atoms with Gasteiger partial charge in [-0.05, 0) is 36.4 Å². The number of nitrogen functional groups attached to an aromatic ring is 1. The highest BCUT2D eigenvalue weighted by molar-refractivity contribution is 7.99. The maximum absolute atomic E-state index is 13.6. The molecule has 4 atom stereocenters. The minimum Gasteiger partial charge on any atom is -0.369 e. The first-order valence-electron chi connectivity index (χ1n) is 12.3. The van der Waals surface area contributed by atoms with Crippen molar-refractivity contribution < 1.29 is 31.7 Å². The van der Waals surface area contributed by atoms with Crippen molar-refractivity contribution in [2.75, 3.05) is 18.1 Å². The summed E-state index contributed by atoms with van der Waals surface area (Å²) in [4.78, 5) is 33.3. The molecule has 0 radical (unpaired) electrons. The molecule has 2 saturated heterocycles. The van der Waals surface area contributed by atoms with Gasteiger partial charge in [0.25, 0.3) is 5.56 Å². The summed E-state index contributed by atoms with van der Waals surface area (Å²) in [5, 5.41) is 0.872. The molecule has 2 fully saturated rings. The summed E-state index contributed by atoms with van der Waals surface area (Å²) >= 11 is 7.25. The third kappa shape index (κ3) is 5.68. The van der Waals surface area contributed by atoms with Crippen molar-refractivity contribution in [3.05, 3.63) is 70.0 Å². The molecule has 2 aliphatic rings. The van der Waals surface area contributed by atoms with Crippen molar-refractivity contribution in [3.63, 3.8) is 0 Å². The minimum absolute atomic E-state index is 0.0451. The Balaban J connectivity index is 1.39. The van der Waals surface area contributed by atoms with Crippen molar-refractivity contribution >= 4 is 58.1 Å². The number of phosphoric ester groups is 1. The summed E-state index contributed by atoms with van der Waals surface area (Å²) in [6, 6.07) is 14.9. The van der Waals surface area contributed by atoms with Crippen LogP contribution in [0.1, 0.15) is 12.6 Å². The Kier molecular flexibility index (Phi) is 7.49. The van der Waals surface area contributed by atoms with Gasteiger partial charge in [-0.1, -0.05) is 41.6 Å². The Morgan fingerprint density at radius 3 is 2.59 bits per heavy atom. The molecule has 13 nitrogen and oxygen atoms in total. The number of anilines is 1. The van der Waals surface area contributed by atoms with Crippen LogP contribution in [0.4, 0.5) is 5.95 Å². The molecule has 1 unspecified atom stereocenters. The molecule has 0 amide bonds. The third-order valence-corrected chi connectivity index (χ3v) is 10.6. The summed E-state index contributed by atoms with van der Waals surface area (Å²) in [6.07, 6.45) is -2.01. The molecular formula is C24H23ClN5O8PS2. The van der Waals surface area contributed by atoms with Crippen LogP contribution in [-0.2, 0) is 34.7 Å². The van der Waals surface area contributed by atoms with Crippen LogP contribution in [0.2, 0.25) is 5.02 Å². The van der Waals surface area contributed by atoms with Crippen molar-refractivity contribution in [3.8, 4) is 0 Å². The van der Waals surface area contributed by atoms with Gasteiger partial charge in [0, 0.05) is 22.9 Å². The van der Waals surface area contributed by atoms with Crippen molar-refractivity contribution in [2.45, 2.75) is 46.3 Å². The average molecular weight is 640 g/mol. The number of phosphoric acid groups is 1. The molecule has 41 heavy (non-hydrogen) atoms. The van der Waals surface area contributed by atoms with Gasteiger partial charge in [0.1, 0.15) is 18.4 Å². The number of hydrogen-bond acceptors (Lipinski definition) is 11. The fraction of sp³-hybridized carbons (Fsp3) is 0.292. The van der Waals surface area contributed by atoms with E-state index in [1.165, 1.54) is 23.9 Å². The Morgan fingerprint density at radius 1 is 1.12 bits per heavy atom. The number of nitrogens with zero attached hydrogens (tertiary/aromatic N) is 4. The summed E-state index contributed by atoms with van der Waals surface area (Å²) < 4.78 is 56.5. The topological polar surface area (TPSA) is 178 Å². The molecule has 0 bridgehead atoms. The number of sulfone groups is 1. The van der Waals surface area contributed by atoms with Gasteiger partial charge in [0.15, 0.2) is 26.2 Å². The van der Waals surface area contributed by atoms with Crippen molar-refractivity contribution in [1.29, 1.82) is 0 Å². The smallest absolute Gasteiger partial charge is 0.369 e. The van der Waals surface area contributed by atoms with Gasteiger partial charge in [-0.3, -0.25) is 23.0 Å². The van der Waals surface area contributed by atoms with Crippen LogP contribution in [0.15, 0.2) is 74.3 Å². The summed E-state index contributed by atoms with van der Waals surface area (Å²) in [7, 11) is -7.91. The number of rotatable bonds is 7. The quantitative estimate of drug-likeness (QED) is 0.283. The van der Waals surface area contributed by atoms with Gasteiger partial charge < -0.3 is 15.4 Å². The van der Waals surface area contributed by atoms with E-state index in [2.05, 4.69) is 9.97 Å². The molecule has 2 aliphatic heterocycles. The SMILES string of the molecule is Nc1nc2c(nc(Sc3ccc(Cl)cc3)n2[C@H]2C[C@@H]3OP(=O)(O)OC[C@H]3O2)c(=O)n1CCS(=O)(=O)c1ccccc1. The highest BCUT2D eigenvalue weighted by Gasteiger charge is 2.47. The molecule has 216 valence electrons. The zero-order valence-corrected chi connectivity index (χ0v) is 24.4. The fourth-order valence-corrected chi connectivity index (χ4v) is 7.90. The van der Waals surface area contributed by atoms with E-state index < -0.39 is 41.7 Å². The normalized spacial score (nSPS) is 24.5. The van der Waals surface area contributed by atoms with Crippen molar-refractivity contribution in [1.82, 2.24) is 19.1 Å². The standard InChI is InChI=1S/C24H23ClN5O8PS2/c25-14-6-8-15(9-7-14)40-24-27-20-21(30(24)19-12-17-18(37-19)13-36-39(32,33)38-17)28-23(26)29(22(20)31)10-11-41(34,35)16-4-2-1-3-5-16/h1-9,17-19H,10-13H2,(H2,26,28)(H,32,33)/t17-,18+,19+/m0/s1. The second-order valence-electron chi connectivity index (χ2n) is 9.32. The number of benzene rings is 2. The molecule has 4 heterocycles. The fourth-order valence-electron chi connectivity index (χ4n) is 4.66. The lowest BCUT2D eigenvalue weighted by Gasteiger charge is -2.26. The number of ether oxygens (including phenoxy) is 1. The van der Waals surface area contributed by atoms with Crippen LogP contribution < -0.4 is 11.3 Å². The minimum atomic E-state index is -4.21. The first kappa shape index (κ1) is 28.4. The Hall–Kier alpha value is -2.75. The number of halogens is 1. The number of imidazole rings is 1. The van der Waals surface area contributed by atoms with E-state index in [0.29, 0.717) is 10.2 Å². The van der Waals surface area contributed by atoms with Gasteiger partial charge >= 0.3 is 7.82 Å². The van der Waals surface area contributed by atoms with E-state index in [9.17, 15) is 22.7 Å². The largest absolute Gasteiger partial charge is 0.472 e. The van der Waals surface area contributed by atoms with E-state index in [4.69, 9.17) is 31.1 Å². The van der Waals surface area contributed by atoms with Gasteiger partial charge in [0.2, 0.25) is 5.95 Å². The predicted octanol–water partition coefficient (Wildman–Crippen LogP) is 3.26. The molecule has 0 spiro atoms. The van der Waals surface area contributed by atoms with Crippen LogP contribution in [0.5, 0.6) is 0 Å². The maximum Gasteiger partial charge on any atom is 0.472 e. The van der Waals surface area contributed by atoms with Gasteiger partial charge in [-0.25, -0.2) is 18.0 Å². The Morgan fingerprint density at radius 2 is 1.85 bits per heavy atom. The Labute approximate surface area is 242 Å². The van der Waals surface area contributed by atoms with E-state index >= 15 is 0 Å². The zero-order chi connectivity index (χ0) is 28.9. The van der Waals surface area contributed by atoms with E-state index in [1.807, 2.05) is 0 Å². The van der Waals surface area contributed by atoms with E-state index in [1.54, 1.807) is 47.0 Å². The van der Waals surface area contributed by atoms with Crippen LogP contribution in [-0.4, -0.2) is 57.0 Å². The molecular weight excluding hydrogens is 617 g/mol. The lowest BCUT2D eigenvalue weighted by molar-refractivity contribution is -0.0679. The average Bonchev–Trinajstić information content (AvgIpc) is 3.50. The zero-order valence-electron chi connectivity index (χ0n) is 21.1.